The number of hydrogen-bond donors (Lipinski definition) is 2. The predicted molar refractivity (Wildman–Crippen MR) is 158 cm³/mol. The number of rotatable bonds is 2. The zero-order chi connectivity index (χ0) is 25.5. The lowest BCUT2D eigenvalue weighted by atomic mass is 9.87. The van der Waals surface area contributed by atoms with E-state index < -0.39 is 0 Å². The van der Waals surface area contributed by atoms with Gasteiger partial charge in [-0.15, -0.1) is 0 Å². The molecule has 0 amide bonds. The number of nitrogens with zero attached hydrogens (tertiary/aromatic N) is 2. The molecule has 0 spiro atoms. The largest absolute Gasteiger partial charge is 0.346 e. The van der Waals surface area contributed by atoms with Gasteiger partial charge in [0.1, 0.15) is 11.6 Å². The van der Waals surface area contributed by atoms with Crippen molar-refractivity contribution in [2.45, 2.75) is 39.5 Å². The van der Waals surface area contributed by atoms with Crippen molar-refractivity contribution in [3.8, 4) is 22.4 Å². The smallest absolute Gasteiger partial charge is 0.109 e. The van der Waals surface area contributed by atoms with Crippen LogP contribution in [0.3, 0.4) is 0 Å². The minimum atomic E-state index is 0.350. The van der Waals surface area contributed by atoms with Gasteiger partial charge in [0, 0.05) is 27.9 Å². The number of aryl methyl sites for hydroxylation is 3. The van der Waals surface area contributed by atoms with Gasteiger partial charge in [0.25, 0.3) is 0 Å². The van der Waals surface area contributed by atoms with Gasteiger partial charge in [-0.05, 0) is 70.1 Å². The van der Waals surface area contributed by atoms with Crippen molar-refractivity contribution < 1.29 is 0 Å². The molecule has 0 saturated heterocycles. The molecule has 0 bridgehead atoms. The highest BCUT2D eigenvalue weighted by molar-refractivity contribution is 6.23. The quantitative estimate of drug-likeness (QED) is 0.237. The molecule has 0 radical (unpaired) electrons. The van der Waals surface area contributed by atoms with E-state index in [2.05, 4.69) is 96.6 Å². The summed E-state index contributed by atoms with van der Waals surface area (Å²) < 4.78 is 0. The molecule has 4 heteroatoms. The Labute approximate surface area is 220 Å². The third kappa shape index (κ3) is 3.03. The number of fused-ring (bicyclic) bond motifs is 11. The fourth-order valence-electron chi connectivity index (χ4n) is 6.40. The molecule has 38 heavy (non-hydrogen) atoms. The summed E-state index contributed by atoms with van der Waals surface area (Å²) in [5.41, 5.74) is 9.75. The van der Waals surface area contributed by atoms with Crippen LogP contribution in [-0.4, -0.2) is 19.9 Å². The van der Waals surface area contributed by atoms with E-state index in [0.717, 1.165) is 41.2 Å². The second kappa shape index (κ2) is 7.78. The number of H-pyrrole nitrogens is 2. The maximum atomic E-state index is 4.99. The zero-order valence-electron chi connectivity index (χ0n) is 21.8. The van der Waals surface area contributed by atoms with E-state index >= 15 is 0 Å². The Kier molecular flexibility index (Phi) is 4.43. The SMILES string of the molecule is Cc1nc2c([nH]1)CCc1c-2ccc2cc(-c3ccc4c(c3)c3ccccc3c3nc(C(C)C)[nH]c43)ccc12. The standard InChI is InChI=1S/C34H28N4/c1-18(2)34-37-32-26-7-5-4-6-24(26)29-17-21(9-12-28(29)33(32)38-34)20-8-11-23-22(16-20)10-13-27-25(23)14-15-30-31(27)36-19(3)35-30/h4-13,16-18H,14-15H2,1-3H3,(H,35,36)(H,37,38). The predicted octanol–water partition coefficient (Wildman–Crippen LogP) is 8.61. The van der Waals surface area contributed by atoms with Crippen LogP contribution < -0.4 is 0 Å². The molecular formula is C34H28N4. The van der Waals surface area contributed by atoms with Crippen LogP contribution in [0.4, 0.5) is 0 Å². The third-order valence-corrected chi connectivity index (χ3v) is 8.27. The second-order valence-corrected chi connectivity index (χ2v) is 11.0. The van der Waals surface area contributed by atoms with E-state index in [-0.39, 0.29) is 0 Å². The summed E-state index contributed by atoms with van der Waals surface area (Å²) in [7, 11) is 0. The van der Waals surface area contributed by atoms with E-state index in [0.29, 0.717) is 5.92 Å². The van der Waals surface area contributed by atoms with Crippen LogP contribution in [0.25, 0.3) is 65.7 Å². The molecule has 1 aliphatic carbocycles. The van der Waals surface area contributed by atoms with E-state index in [9.17, 15) is 0 Å². The first kappa shape index (κ1) is 21.6. The first-order valence-corrected chi connectivity index (χ1v) is 13.5. The Bertz CT molecular complexity index is 2070. The molecule has 0 fully saturated rings. The number of aromatic amines is 2. The summed E-state index contributed by atoms with van der Waals surface area (Å²) in [6.07, 6.45) is 2.06. The summed E-state index contributed by atoms with van der Waals surface area (Å²) >= 11 is 0. The number of imidazole rings is 2. The Morgan fingerprint density at radius 2 is 1.50 bits per heavy atom. The molecule has 2 aromatic heterocycles. The van der Waals surface area contributed by atoms with Gasteiger partial charge in [-0.2, -0.15) is 0 Å². The monoisotopic (exact) mass is 492 g/mol. The number of aromatic nitrogens is 4. The van der Waals surface area contributed by atoms with E-state index in [1.54, 1.807) is 0 Å². The van der Waals surface area contributed by atoms with Gasteiger partial charge < -0.3 is 9.97 Å². The zero-order valence-corrected chi connectivity index (χ0v) is 21.8. The Balaban J connectivity index is 1.31. The molecule has 0 unspecified atom stereocenters. The average Bonchev–Trinajstić information content (AvgIpc) is 3.56. The highest BCUT2D eigenvalue weighted by Gasteiger charge is 2.21. The molecule has 4 nitrogen and oxygen atoms in total. The van der Waals surface area contributed by atoms with E-state index in [1.807, 2.05) is 6.92 Å². The van der Waals surface area contributed by atoms with E-state index in [1.165, 1.54) is 60.3 Å². The average molecular weight is 493 g/mol. The summed E-state index contributed by atoms with van der Waals surface area (Å²) in [6.45, 7) is 6.41. The first-order chi connectivity index (χ1) is 18.5. The molecule has 0 atom stereocenters. The summed E-state index contributed by atoms with van der Waals surface area (Å²) in [5.74, 6) is 2.38. The van der Waals surface area contributed by atoms with Crippen molar-refractivity contribution in [2.75, 3.05) is 0 Å². The van der Waals surface area contributed by atoms with Gasteiger partial charge in [0.2, 0.25) is 0 Å². The number of benzene rings is 5. The highest BCUT2D eigenvalue weighted by Crippen LogP contribution is 2.40. The van der Waals surface area contributed by atoms with Crippen molar-refractivity contribution in [1.82, 2.24) is 19.9 Å². The normalized spacial score (nSPS) is 13.2. The lowest BCUT2D eigenvalue weighted by Gasteiger charge is -2.18. The third-order valence-electron chi connectivity index (χ3n) is 8.27. The van der Waals surface area contributed by atoms with Gasteiger partial charge in [-0.25, -0.2) is 9.97 Å². The van der Waals surface area contributed by atoms with Crippen LogP contribution in [0.2, 0.25) is 0 Å². The van der Waals surface area contributed by atoms with Crippen molar-refractivity contribution in [3.05, 3.63) is 95.7 Å². The summed E-state index contributed by atoms with van der Waals surface area (Å²) in [5, 5.41) is 7.56. The molecule has 0 saturated carbocycles. The lowest BCUT2D eigenvalue weighted by Crippen LogP contribution is -2.04. The van der Waals surface area contributed by atoms with Crippen LogP contribution in [-0.2, 0) is 12.8 Å². The fourth-order valence-corrected chi connectivity index (χ4v) is 6.40. The number of nitrogens with one attached hydrogen (secondary N) is 2. The Morgan fingerprint density at radius 3 is 2.34 bits per heavy atom. The highest BCUT2D eigenvalue weighted by atomic mass is 14.9. The molecule has 184 valence electrons. The van der Waals surface area contributed by atoms with Gasteiger partial charge in [-0.1, -0.05) is 74.5 Å². The van der Waals surface area contributed by atoms with Gasteiger partial charge in [0.15, 0.2) is 0 Å². The fraction of sp³-hybridized carbons (Fsp3) is 0.176. The first-order valence-electron chi connectivity index (χ1n) is 13.5. The molecule has 1 aliphatic rings. The molecular weight excluding hydrogens is 464 g/mol. The van der Waals surface area contributed by atoms with Crippen LogP contribution in [0, 0.1) is 6.92 Å². The van der Waals surface area contributed by atoms with Crippen molar-refractivity contribution in [2.24, 2.45) is 0 Å². The van der Waals surface area contributed by atoms with E-state index in [4.69, 9.17) is 9.97 Å². The molecule has 2 heterocycles. The molecule has 8 rings (SSSR count). The van der Waals surface area contributed by atoms with Crippen molar-refractivity contribution >= 4 is 43.4 Å². The maximum Gasteiger partial charge on any atom is 0.109 e. The molecule has 7 aromatic rings. The van der Waals surface area contributed by atoms with Gasteiger partial charge in [-0.3, -0.25) is 0 Å². The minimum absolute atomic E-state index is 0.350. The van der Waals surface area contributed by atoms with Crippen LogP contribution in [0.5, 0.6) is 0 Å². The van der Waals surface area contributed by atoms with Crippen LogP contribution >= 0.6 is 0 Å². The topological polar surface area (TPSA) is 57.4 Å². The number of hydrogen-bond acceptors (Lipinski definition) is 2. The van der Waals surface area contributed by atoms with Crippen molar-refractivity contribution in [1.29, 1.82) is 0 Å². The summed E-state index contributed by atoms with van der Waals surface area (Å²) in [6, 6.07) is 27.0. The van der Waals surface area contributed by atoms with Crippen LogP contribution in [0.15, 0.2) is 72.8 Å². The molecule has 0 aliphatic heterocycles. The Morgan fingerprint density at radius 1 is 0.711 bits per heavy atom. The molecule has 2 N–H and O–H groups in total. The second-order valence-electron chi connectivity index (χ2n) is 11.0. The van der Waals surface area contributed by atoms with Gasteiger partial charge in [0.05, 0.1) is 16.7 Å². The van der Waals surface area contributed by atoms with Crippen LogP contribution in [0.1, 0.15) is 42.7 Å². The van der Waals surface area contributed by atoms with Crippen molar-refractivity contribution in [3.63, 3.8) is 0 Å². The Hall–Kier alpha value is -4.44. The lowest BCUT2D eigenvalue weighted by molar-refractivity contribution is 0.799. The van der Waals surface area contributed by atoms with Gasteiger partial charge >= 0.3 is 0 Å². The minimum Gasteiger partial charge on any atom is -0.346 e. The molecule has 5 aromatic carbocycles. The maximum absolute atomic E-state index is 4.99. The summed E-state index contributed by atoms with van der Waals surface area (Å²) in [4.78, 5) is 16.9.